The number of aliphatic hydroxyl groups excluding tert-OH is 1. The van der Waals surface area contributed by atoms with E-state index in [2.05, 4.69) is 16.0 Å². The summed E-state index contributed by atoms with van der Waals surface area (Å²) in [5.41, 5.74) is 6.90. The molecule has 1 heterocycles. The molecule has 0 aliphatic heterocycles. The van der Waals surface area contributed by atoms with Crippen molar-refractivity contribution in [3.63, 3.8) is 0 Å². The van der Waals surface area contributed by atoms with Gasteiger partial charge in [-0.25, -0.2) is 9.97 Å². The number of nitrogens with zero attached hydrogens (tertiary/aromatic N) is 2. The second kappa shape index (κ2) is 11.6. The fraction of sp³-hybridized carbons (Fsp3) is 0.129. The van der Waals surface area contributed by atoms with Gasteiger partial charge in [0.05, 0.1) is 17.8 Å². The van der Waals surface area contributed by atoms with E-state index in [0.717, 1.165) is 44.7 Å². The van der Waals surface area contributed by atoms with Crippen LogP contribution in [0.15, 0.2) is 97.1 Å². The molecular weight excluding hydrogens is 474 g/mol. The summed E-state index contributed by atoms with van der Waals surface area (Å²) >= 11 is 0. The first-order valence-corrected chi connectivity index (χ1v) is 12.5. The standard InChI is InChI=1S/C31H29N5O2/c1-21-19-22(20-32-17-18-37)11-16-27(21)34-30(38)24-12-14-25(15-13-24)33-31-35-28-10-6-5-9-26(28)29(36-31)23-7-3-2-4-8-23/h2-16,19,32,37H,17-18,20H2,1H3,(H,34,38)(H,33,35,36). The van der Waals surface area contributed by atoms with Gasteiger partial charge in [0, 0.05) is 41.0 Å². The molecule has 4 aromatic carbocycles. The zero-order valence-corrected chi connectivity index (χ0v) is 21.1. The van der Waals surface area contributed by atoms with E-state index < -0.39 is 0 Å². The molecule has 5 aromatic rings. The predicted octanol–water partition coefficient (Wildman–Crippen LogP) is 5.68. The Bertz CT molecular complexity index is 1550. The SMILES string of the molecule is Cc1cc(CNCCO)ccc1NC(=O)c1ccc(Nc2nc(-c3ccccc3)c3ccccc3n2)cc1. The third-order valence-corrected chi connectivity index (χ3v) is 6.21. The van der Waals surface area contributed by atoms with E-state index in [1.165, 1.54) is 0 Å². The number of amides is 1. The number of hydrogen-bond acceptors (Lipinski definition) is 6. The van der Waals surface area contributed by atoms with Gasteiger partial charge in [-0.3, -0.25) is 4.79 Å². The van der Waals surface area contributed by atoms with Gasteiger partial charge in [0.25, 0.3) is 5.91 Å². The quantitative estimate of drug-likeness (QED) is 0.193. The molecule has 0 unspecified atom stereocenters. The minimum absolute atomic E-state index is 0.103. The molecule has 0 radical (unpaired) electrons. The van der Waals surface area contributed by atoms with Crippen LogP contribution in [0.2, 0.25) is 0 Å². The van der Waals surface area contributed by atoms with Crippen LogP contribution in [0.25, 0.3) is 22.2 Å². The number of fused-ring (bicyclic) bond motifs is 1. The molecule has 190 valence electrons. The Kier molecular flexibility index (Phi) is 7.68. The lowest BCUT2D eigenvalue weighted by atomic mass is 10.1. The van der Waals surface area contributed by atoms with E-state index in [4.69, 9.17) is 15.1 Å². The van der Waals surface area contributed by atoms with Gasteiger partial charge in [-0.1, -0.05) is 60.7 Å². The molecule has 0 saturated heterocycles. The van der Waals surface area contributed by atoms with Gasteiger partial charge >= 0.3 is 0 Å². The number of hydrogen-bond donors (Lipinski definition) is 4. The van der Waals surface area contributed by atoms with Gasteiger partial charge in [-0.15, -0.1) is 0 Å². The molecule has 38 heavy (non-hydrogen) atoms. The molecule has 7 heteroatoms. The Morgan fingerprint density at radius 3 is 2.39 bits per heavy atom. The highest BCUT2D eigenvalue weighted by atomic mass is 16.3. The number of aromatic nitrogens is 2. The van der Waals surface area contributed by atoms with E-state index in [0.29, 0.717) is 24.6 Å². The minimum Gasteiger partial charge on any atom is -0.395 e. The Morgan fingerprint density at radius 1 is 0.868 bits per heavy atom. The van der Waals surface area contributed by atoms with Gasteiger partial charge in [-0.05, 0) is 54.4 Å². The number of rotatable bonds is 9. The molecule has 5 rings (SSSR count). The smallest absolute Gasteiger partial charge is 0.255 e. The number of benzene rings is 4. The van der Waals surface area contributed by atoms with Crippen LogP contribution in [0.3, 0.4) is 0 Å². The van der Waals surface area contributed by atoms with Crippen molar-refractivity contribution in [2.24, 2.45) is 0 Å². The summed E-state index contributed by atoms with van der Waals surface area (Å²) in [5.74, 6) is 0.308. The molecule has 0 atom stereocenters. The summed E-state index contributed by atoms with van der Waals surface area (Å²) in [7, 11) is 0. The average molecular weight is 504 g/mol. The molecule has 0 bridgehead atoms. The maximum Gasteiger partial charge on any atom is 0.255 e. The number of carbonyl (C=O) groups excluding carboxylic acids is 1. The van der Waals surface area contributed by atoms with E-state index in [9.17, 15) is 4.79 Å². The van der Waals surface area contributed by atoms with Crippen LogP contribution in [0.5, 0.6) is 0 Å². The largest absolute Gasteiger partial charge is 0.395 e. The Morgan fingerprint density at radius 2 is 1.63 bits per heavy atom. The number of aryl methyl sites for hydroxylation is 1. The molecule has 0 spiro atoms. The summed E-state index contributed by atoms with van der Waals surface area (Å²) in [6.07, 6.45) is 0. The Balaban J connectivity index is 1.30. The van der Waals surface area contributed by atoms with E-state index in [1.54, 1.807) is 12.1 Å². The molecule has 0 aliphatic carbocycles. The first-order valence-electron chi connectivity index (χ1n) is 12.5. The number of carbonyl (C=O) groups is 1. The molecule has 7 nitrogen and oxygen atoms in total. The normalized spacial score (nSPS) is 10.9. The van der Waals surface area contributed by atoms with Crippen LogP contribution in [-0.4, -0.2) is 34.1 Å². The molecule has 1 amide bonds. The maximum atomic E-state index is 12.9. The lowest BCUT2D eigenvalue weighted by Gasteiger charge is -2.12. The van der Waals surface area contributed by atoms with Gasteiger partial charge in [0.1, 0.15) is 0 Å². The van der Waals surface area contributed by atoms with Crippen molar-refractivity contribution in [1.82, 2.24) is 15.3 Å². The number of anilines is 3. The number of aliphatic hydroxyl groups is 1. The van der Waals surface area contributed by atoms with Gasteiger partial charge in [-0.2, -0.15) is 0 Å². The third-order valence-electron chi connectivity index (χ3n) is 6.21. The molecule has 0 saturated carbocycles. The zero-order chi connectivity index (χ0) is 26.3. The van der Waals surface area contributed by atoms with Crippen molar-refractivity contribution in [2.45, 2.75) is 13.5 Å². The van der Waals surface area contributed by atoms with Gasteiger partial charge < -0.3 is 21.1 Å². The number of nitrogens with one attached hydrogen (secondary N) is 3. The van der Waals surface area contributed by atoms with Crippen molar-refractivity contribution >= 4 is 34.1 Å². The first kappa shape index (κ1) is 25.1. The minimum atomic E-state index is -0.181. The van der Waals surface area contributed by atoms with Gasteiger partial charge in [0.15, 0.2) is 0 Å². The predicted molar refractivity (Wildman–Crippen MR) is 153 cm³/mol. The van der Waals surface area contributed by atoms with Crippen LogP contribution in [0.4, 0.5) is 17.3 Å². The Labute approximate surface area is 221 Å². The Hall–Kier alpha value is -4.59. The second-order valence-corrected chi connectivity index (χ2v) is 8.99. The van der Waals surface area contributed by atoms with Crippen LogP contribution in [-0.2, 0) is 6.54 Å². The topological polar surface area (TPSA) is 99.2 Å². The molecule has 4 N–H and O–H groups in total. The summed E-state index contributed by atoms with van der Waals surface area (Å²) in [6, 6.07) is 31.1. The maximum absolute atomic E-state index is 12.9. The van der Waals surface area contributed by atoms with Crippen LogP contribution < -0.4 is 16.0 Å². The van der Waals surface area contributed by atoms with E-state index in [1.807, 2.05) is 91.9 Å². The zero-order valence-electron chi connectivity index (χ0n) is 21.1. The molecule has 0 fully saturated rings. The van der Waals surface area contributed by atoms with Gasteiger partial charge in [0.2, 0.25) is 5.95 Å². The monoisotopic (exact) mass is 503 g/mol. The van der Waals surface area contributed by atoms with E-state index in [-0.39, 0.29) is 12.5 Å². The van der Waals surface area contributed by atoms with Crippen molar-refractivity contribution in [3.05, 3.63) is 114 Å². The highest BCUT2D eigenvalue weighted by molar-refractivity contribution is 6.04. The number of para-hydroxylation sites is 1. The van der Waals surface area contributed by atoms with Crippen LogP contribution in [0, 0.1) is 6.92 Å². The summed E-state index contributed by atoms with van der Waals surface area (Å²) < 4.78 is 0. The highest BCUT2D eigenvalue weighted by Gasteiger charge is 2.11. The molecule has 1 aromatic heterocycles. The van der Waals surface area contributed by atoms with E-state index >= 15 is 0 Å². The van der Waals surface area contributed by atoms with Crippen molar-refractivity contribution in [1.29, 1.82) is 0 Å². The molecule has 0 aliphatic rings. The highest BCUT2D eigenvalue weighted by Crippen LogP contribution is 2.28. The van der Waals surface area contributed by atoms with Crippen molar-refractivity contribution in [3.8, 4) is 11.3 Å². The first-order chi connectivity index (χ1) is 18.6. The van der Waals surface area contributed by atoms with Crippen LogP contribution in [0.1, 0.15) is 21.5 Å². The van der Waals surface area contributed by atoms with Crippen LogP contribution >= 0.6 is 0 Å². The lowest BCUT2D eigenvalue weighted by molar-refractivity contribution is 0.102. The fourth-order valence-electron chi connectivity index (χ4n) is 4.26. The third kappa shape index (κ3) is 5.86. The summed E-state index contributed by atoms with van der Waals surface area (Å²) in [4.78, 5) is 22.4. The fourth-order valence-corrected chi connectivity index (χ4v) is 4.26. The summed E-state index contributed by atoms with van der Waals surface area (Å²) in [5, 5.41) is 19.3. The van der Waals surface area contributed by atoms with Crippen molar-refractivity contribution < 1.29 is 9.90 Å². The second-order valence-electron chi connectivity index (χ2n) is 8.99. The van der Waals surface area contributed by atoms with Crippen molar-refractivity contribution in [2.75, 3.05) is 23.8 Å². The lowest BCUT2D eigenvalue weighted by Crippen LogP contribution is -2.17. The average Bonchev–Trinajstić information content (AvgIpc) is 2.95. The molecular formula is C31H29N5O2. The summed E-state index contributed by atoms with van der Waals surface area (Å²) in [6.45, 7) is 3.28.